The summed E-state index contributed by atoms with van der Waals surface area (Å²) in [6.07, 6.45) is 6.44. The molecular weight excluding hydrogens is 410 g/mol. The predicted octanol–water partition coefficient (Wildman–Crippen LogP) is 2.06. The van der Waals surface area contributed by atoms with Gasteiger partial charge >= 0.3 is 0 Å². The highest BCUT2D eigenvalue weighted by Crippen LogP contribution is 2.27. The number of nitrogens with zero attached hydrogens (tertiary/aromatic N) is 2. The van der Waals surface area contributed by atoms with Crippen LogP contribution in [0.3, 0.4) is 0 Å². The molecule has 1 unspecified atom stereocenters. The maximum absolute atomic E-state index is 12.8. The van der Waals surface area contributed by atoms with Crippen molar-refractivity contribution >= 4 is 24.0 Å². The number of fused-ring (bicyclic) bond motifs is 1. The van der Waals surface area contributed by atoms with Crippen LogP contribution in [0.2, 0.25) is 0 Å². The third-order valence-electron chi connectivity index (χ3n) is 6.55. The second-order valence-corrected chi connectivity index (χ2v) is 8.66. The summed E-state index contributed by atoms with van der Waals surface area (Å²) in [5.74, 6) is 0.821. The number of anilines is 1. The Bertz CT molecular complexity index is 758. The lowest BCUT2D eigenvalue weighted by molar-refractivity contribution is -0.130. The number of para-hydroxylation sites is 1. The second-order valence-electron chi connectivity index (χ2n) is 8.66. The van der Waals surface area contributed by atoms with Crippen LogP contribution in [0.25, 0.3) is 0 Å². The average Bonchev–Trinajstić information content (AvgIpc) is 3.37. The van der Waals surface area contributed by atoms with E-state index in [1.165, 1.54) is 5.56 Å². The molecule has 176 valence electrons. The first-order valence-electron chi connectivity index (χ1n) is 11.7. The van der Waals surface area contributed by atoms with Gasteiger partial charge in [0.25, 0.3) is 6.47 Å². The molecule has 0 saturated carbocycles. The number of carboxylic acid groups (broad SMARTS) is 1. The van der Waals surface area contributed by atoms with Crippen molar-refractivity contribution in [2.24, 2.45) is 5.92 Å². The summed E-state index contributed by atoms with van der Waals surface area (Å²) < 4.78 is 5.44. The van der Waals surface area contributed by atoms with Gasteiger partial charge in [-0.2, -0.15) is 0 Å². The van der Waals surface area contributed by atoms with Crippen LogP contribution in [0.15, 0.2) is 24.3 Å². The Morgan fingerprint density at radius 3 is 2.59 bits per heavy atom. The van der Waals surface area contributed by atoms with Crippen molar-refractivity contribution in [2.45, 2.75) is 51.0 Å². The van der Waals surface area contributed by atoms with Crippen molar-refractivity contribution in [3.63, 3.8) is 0 Å². The van der Waals surface area contributed by atoms with E-state index in [0.717, 1.165) is 76.9 Å². The molecule has 1 aromatic carbocycles. The summed E-state index contributed by atoms with van der Waals surface area (Å²) in [7, 11) is 0. The van der Waals surface area contributed by atoms with Gasteiger partial charge in [-0.25, -0.2) is 0 Å². The quantitative estimate of drug-likeness (QED) is 0.651. The molecule has 0 bridgehead atoms. The Labute approximate surface area is 189 Å². The number of piperidine rings is 1. The molecule has 3 aliphatic heterocycles. The molecule has 8 nitrogen and oxygen atoms in total. The van der Waals surface area contributed by atoms with E-state index in [1.54, 1.807) is 0 Å². The number of aryl methyl sites for hydroxylation is 1. The van der Waals surface area contributed by atoms with E-state index in [9.17, 15) is 9.59 Å². The maximum atomic E-state index is 12.8. The summed E-state index contributed by atoms with van der Waals surface area (Å²) in [6.45, 7) is 4.87. The fourth-order valence-electron chi connectivity index (χ4n) is 4.74. The van der Waals surface area contributed by atoms with Crippen LogP contribution in [0, 0.1) is 5.92 Å². The van der Waals surface area contributed by atoms with Crippen LogP contribution in [0.5, 0.6) is 0 Å². The molecule has 0 aliphatic carbocycles. The van der Waals surface area contributed by atoms with Gasteiger partial charge in [0.05, 0.1) is 0 Å². The first-order valence-corrected chi connectivity index (χ1v) is 11.7. The fraction of sp³-hybridized carbons (Fsp3) is 0.625. The minimum Gasteiger partial charge on any atom is -0.483 e. The first-order chi connectivity index (χ1) is 15.6. The number of nitrogens with one attached hydrogen (secondary N) is 1. The minimum atomic E-state index is -0.250. The lowest BCUT2D eigenvalue weighted by atomic mass is 9.96. The van der Waals surface area contributed by atoms with Gasteiger partial charge in [0.15, 0.2) is 0 Å². The number of amides is 2. The van der Waals surface area contributed by atoms with Crippen LogP contribution in [-0.4, -0.2) is 73.7 Å². The van der Waals surface area contributed by atoms with E-state index in [2.05, 4.69) is 28.4 Å². The van der Waals surface area contributed by atoms with E-state index in [-0.39, 0.29) is 24.4 Å². The molecule has 1 atom stereocenters. The molecule has 3 aliphatic rings. The van der Waals surface area contributed by atoms with Crippen molar-refractivity contribution in [1.29, 1.82) is 0 Å². The van der Waals surface area contributed by atoms with Crippen molar-refractivity contribution < 1.29 is 24.2 Å². The van der Waals surface area contributed by atoms with E-state index in [4.69, 9.17) is 14.6 Å². The Morgan fingerprint density at radius 2 is 1.88 bits per heavy atom. The number of ether oxygens (including phenoxy) is 1. The highest BCUT2D eigenvalue weighted by atomic mass is 16.5. The summed E-state index contributed by atoms with van der Waals surface area (Å²) in [6, 6.07) is 8.28. The van der Waals surface area contributed by atoms with Gasteiger partial charge in [0.2, 0.25) is 11.8 Å². The Kier molecular flexibility index (Phi) is 9.49. The van der Waals surface area contributed by atoms with E-state index in [0.29, 0.717) is 18.9 Å². The molecule has 32 heavy (non-hydrogen) atoms. The number of hydrogen-bond donors (Lipinski definition) is 2. The maximum Gasteiger partial charge on any atom is 0.290 e. The Morgan fingerprint density at radius 1 is 1.12 bits per heavy atom. The molecule has 2 N–H and O–H groups in total. The zero-order valence-electron chi connectivity index (χ0n) is 18.7. The third-order valence-corrected chi connectivity index (χ3v) is 6.55. The minimum absolute atomic E-state index is 0.0531. The second kappa shape index (κ2) is 12.6. The number of carbonyl (C=O) groups excluding carboxylic acids is 2. The zero-order chi connectivity index (χ0) is 22.8. The Hall–Kier alpha value is -2.45. The molecule has 2 saturated heterocycles. The lowest BCUT2D eigenvalue weighted by Crippen LogP contribution is -2.42. The first kappa shape index (κ1) is 24.2. The molecule has 0 spiro atoms. The topological polar surface area (TPSA) is 99.2 Å². The van der Waals surface area contributed by atoms with Gasteiger partial charge in [-0.05, 0) is 69.2 Å². The van der Waals surface area contributed by atoms with Crippen molar-refractivity contribution in [1.82, 2.24) is 10.2 Å². The lowest BCUT2D eigenvalue weighted by Gasteiger charge is -2.33. The highest BCUT2D eigenvalue weighted by molar-refractivity contribution is 5.94. The zero-order valence-corrected chi connectivity index (χ0v) is 18.7. The third kappa shape index (κ3) is 6.77. The van der Waals surface area contributed by atoms with E-state index >= 15 is 0 Å². The SMILES string of the molecule is O=C(NCC1CCN(CCC(=O)N2CCCc3ccccc32)CC1)C1CCCO1.O=CO. The Balaban J connectivity index is 0.000000913. The molecule has 8 heteroatoms. The summed E-state index contributed by atoms with van der Waals surface area (Å²) in [5, 5.41) is 9.96. The highest BCUT2D eigenvalue weighted by Gasteiger charge is 2.26. The summed E-state index contributed by atoms with van der Waals surface area (Å²) >= 11 is 0. The summed E-state index contributed by atoms with van der Waals surface area (Å²) in [5.41, 5.74) is 2.39. The van der Waals surface area contributed by atoms with Crippen LogP contribution in [0.4, 0.5) is 5.69 Å². The normalized spacial score (nSPS) is 21.2. The van der Waals surface area contributed by atoms with Crippen molar-refractivity contribution in [2.75, 3.05) is 44.2 Å². The molecule has 4 rings (SSSR count). The number of rotatable bonds is 6. The van der Waals surface area contributed by atoms with Crippen LogP contribution in [-0.2, 0) is 25.5 Å². The fourth-order valence-corrected chi connectivity index (χ4v) is 4.74. The van der Waals surface area contributed by atoms with Gasteiger partial charge in [0, 0.05) is 38.3 Å². The smallest absolute Gasteiger partial charge is 0.290 e. The molecule has 2 fully saturated rings. The molecule has 2 amide bonds. The summed E-state index contributed by atoms with van der Waals surface area (Å²) in [4.78, 5) is 37.6. The van der Waals surface area contributed by atoms with Crippen molar-refractivity contribution in [3.05, 3.63) is 29.8 Å². The number of carbonyl (C=O) groups is 3. The van der Waals surface area contributed by atoms with Gasteiger partial charge in [0.1, 0.15) is 6.10 Å². The van der Waals surface area contributed by atoms with Crippen molar-refractivity contribution in [3.8, 4) is 0 Å². The van der Waals surface area contributed by atoms with Gasteiger partial charge < -0.3 is 25.0 Å². The standard InChI is InChI=1S/C23H33N3O3.CH2O2/c27-22(26-12-3-6-19-5-1-2-7-20(19)26)11-15-25-13-9-18(10-14-25)17-24-23(28)21-8-4-16-29-21;2-1-3/h1-2,5,7,18,21H,3-4,6,8-17H2,(H,24,28);1H,(H,2,3). The average molecular weight is 446 g/mol. The van der Waals surface area contributed by atoms with Crippen LogP contribution in [0.1, 0.15) is 44.1 Å². The number of hydrogen-bond acceptors (Lipinski definition) is 5. The largest absolute Gasteiger partial charge is 0.483 e. The van der Waals surface area contributed by atoms with Crippen LogP contribution < -0.4 is 10.2 Å². The number of benzene rings is 1. The molecule has 0 aromatic heterocycles. The molecular formula is C24H35N3O5. The molecule has 3 heterocycles. The predicted molar refractivity (Wildman–Crippen MR) is 122 cm³/mol. The monoisotopic (exact) mass is 445 g/mol. The van der Waals surface area contributed by atoms with Gasteiger partial charge in [-0.1, -0.05) is 18.2 Å². The van der Waals surface area contributed by atoms with Gasteiger partial charge in [-0.3, -0.25) is 14.4 Å². The molecule has 0 radical (unpaired) electrons. The number of likely N-dealkylation sites (tertiary alicyclic amines) is 1. The van der Waals surface area contributed by atoms with E-state index in [1.807, 2.05) is 11.0 Å². The van der Waals surface area contributed by atoms with E-state index < -0.39 is 0 Å². The van der Waals surface area contributed by atoms with Crippen LogP contribution >= 0.6 is 0 Å². The van der Waals surface area contributed by atoms with Gasteiger partial charge in [-0.15, -0.1) is 0 Å². The molecule has 1 aromatic rings.